The molecule has 5 nitrogen and oxygen atoms in total. The monoisotopic (exact) mass is 328 g/mol. The van der Waals surface area contributed by atoms with Crippen molar-refractivity contribution < 1.29 is 13.6 Å². The number of benzene rings is 1. The number of rotatable bonds is 5. The minimum atomic E-state index is -1.04. The van der Waals surface area contributed by atoms with E-state index in [1.807, 2.05) is 18.3 Å². The molecule has 122 valence electrons. The highest BCUT2D eigenvalue weighted by molar-refractivity contribution is 5.94. The van der Waals surface area contributed by atoms with Crippen LogP contribution in [0.3, 0.4) is 0 Å². The molecule has 24 heavy (non-hydrogen) atoms. The predicted molar refractivity (Wildman–Crippen MR) is 84.1 cm³/mol. The summed E-state index contributed by atoms with van der Waals surface area (Å²) in [6, 6.07) is 6.81. The van der Waals surface area contributed by atoms with E-state index in [0.717, 1.165) is 23.3 Å². The number of carbonyl (C=O) groups is 1. The molecule has 0 unspecified atom stereocenters. The first-order valence-electron chi connectivity index (χ1n) is 7.29. The summed E-state index contributed by atoms with van der Waals surface area (Å²) in [4.78, 5) is 15.9. The van der Waals surface area contributed by atoms with E-state index in [1.165, 1.54) is 6.07 Å². The zero-order chi connectivity index (χ0) is 16.9. The number of nitrogens with one attached hydrogen (secondary N) is 1. The van der Waals surface area contributed by atoms with E-state index < -0.39 is 17.5 Å². The molecule has 1 N–H and O–H groups in total. The van der Waals surface area contributed by atoms with Gasteiger partial charge in [-0.3, -0.25) is 14.5 Å². The van der Waals surface area contributed by atoms with Gasteiger partial charge in [0.15, 0.2) is 11.6 Å². The van der Waals surface area contributed by atoms with Crippen LogP contribution in [0.2, 0.25) is 0 Å². The second-order valence-corrected chi connectivity index (χ2v) is 5.11. The lowest BCUT2D eigenvalue weighted by Crippen LogP contribution is -2.27. The van der Waals surface area contributed by atoms with Gasteiger partial charge in [-0.15, -0.1) is 0 Å². The lowest BCUT2D eigenvalue weighted by molar-refractivity contribution is 0.0951. The van der Waals surface area contributed by atoms with Crippen molar-refractivity contribution in [3.63, 3.8) is 0 Å². The van der Waals surface area contributed by atoms with E-state index in [1.54, 1.807) is 23.3 Å². The Kier molecular flexibility index (Phi) is 4.60. The first kappa shape index (κ1) is 15.8. The van der Waals surface area contributed by atoms with Crippen LogP contribution >= 0.6 is 0 Å². The Hall–Kier alpha value is -3.09. The van der Waals surface area contributed by atoms with Crippen molar-refractivity contribution in [2.45, 2.75) is 6.54 Å². The SMILES string of the molecule is O=C(NCCn1cc(-c2ccncc2)cn1)c1ccc(F)c(F)c1. The third-order valence-electron chi connectivity index (χ3n) is 3.46. The van der Waals surface area contributed by atoms with Crippen LogP contribution in [0.25, 0.3) is 11.1 Å². The molecule has 0 fully saturated rings. The van der Waals surface area contributed by atoms with E-state index >= 15 is 0 Å². The normalized spacial score (nSPS) is 10.6. The number of halogens is 2. The molecule has 7 heteroatoms. The molecule has 0 aliphatic heterocycles. The Labute approximate surface area is 137 Å². The number of hydrogen-bond donors (Lipinski definition) is 1. The molecule has 0 saturated carbocycles. The van der Waals surface area contributed by atoms with E-state index in [0.29, 0.717) is 13.1 Å². The van der Waals surface area contributed by atoms with Crippen molar-refractivity contribution in [3.05, 3.63) is 72.3 Å². The minimum absolute atomic E-state index is 0.0758. The highest BCUT2D eigenvalue weighted by Gasteiger charge is 2.09. The van der Waals surface area contributed by atoms with Gasteiger partial charge in [0.25, 0.3) is 5.91 Å². The quantitative estimate of drug-likeness (QED) is 0.783. The van der Waals surface area contributed by atoms with Gasteiger partial charge in [0.1, 0.15) is 0 Å². The Bertz CT molecular complexity index is 849. The maximum Gasteiger partial charge on any atom is 0.251 e. The molecule has 0 radical (unpaired) electrons. The molecule has 3 aromatic rings. The molecule has 3 rings (SSSR count). The van der Waals surface area contributed by atoms with Gasteiger partial charge >= 0.3 is 0 Å². The molecule has 2 heterocycles. The van der Waals surface area contributed by atoms with E-state index in [4.69, 9.17) is 0 Å². The van der Waals surface area contributed by atoms with Crippen LogP contribution in [-0.4, -0.2) is 27.2 Å². The Morgan fingerprint density at radius 3 is 2.62 bits per heavy atom. The molecule has 0 atom stereocenters. The standard InChI is InChI=1S/C17H14F2N4O/c18-15-2-1-13(9-16(15)19)17(24)21-7-8-23-11-14(10-22-23)12-3-5-20-6-4-12/h1-6,9-11H,7-8H2,(H,21,24). The number of nitrogens with zero attached hydrogens (tertiary/aromatic N) is 3. The second-order valence-electron chi connectivity index (χ2n) is 5.11. The van der Waals surface area contributed by atoms with Crippen molar-refractivity contribution in [3.8, 4) is 11.1 Å². The maximum atomic E-state index is 13.1. The van der Waals surface area contributed by atoms with Crippen LogP contribution in [0.4, 0.5) is 8.78 Å². The molecule has 0 bridgehead atoms. The minimum Gasteiger partial charge on any atom is -0.350 e. The van der Waals surface area contributed by atoms with Crippen LogP contribution in [0.5, 0.6) is 0 Å². The predicted octanol–water partition coefficient (Wildman–Crippen LogP) is 2.65. The van der Waals surface area contributed by atoms with Crippen molar-refractivity contribution in [2.75, 3.05) is 6.54 Å². The first-order valence-corrected chi connectivity index (χ1v) is 7.29. The number of carbonyl (C=O) groups excluding carboxylic acids is 1. The summed E-state index contributed by atoms with van der Waals surface area (Å²) in [5.74, 6) is -2.49. The van der Waals surface area contributed by atoms with E-state index in [2.05, 4.69) is 15.4 Å². The Balaban J connectivity index is 1.56. The van der Waals surface area contributed by atoms with Gasteiger partial charge in [-0.1, -0.05) is 0 Å². The molecule has 0 aliphatic rings. The molecule has 2 aromatic heterocycles. The lowest BCUT2D eigenvalue weighted by Gasteiger charge is -2.06. The smallest absolute Gasteiger partial charge is 0.251 e. The molecule has 1 aromatic carbocycles. The molecule has 1 amide bonds. The fourth-order valence-electron chi connectivity index (χ4n) is 2.20. The van der Waals surface area contributed by atoms with Gasteiger partial charge in [-0.2, -0.15) is 5.10 Å². The Morgan fingerprint density at radius 1 is 1.08 bits per heavy atom. The van der Waals surface area contributed by atoms with Crippen LogP contribution in [0.1, 0.15) is 10.4 Å². The van der Waals surface area contributed by atoms with Gasteiger partial charge in [0, 0.05) is 36.3 Å². The van der Waals surface area contributed by atoms with Crippen LogP contribution in [-0.2, 0) is 6.54 Å². The maximum absolute atomic E-state index is 13.1. The third kappa shape index (κ3) is 3.62. The van der Waals surface area contributed by atoms with Gasteiger partial charge in [0.05, 0.1) is 12.7 Å². The average Bonchev–Trinajstić information content (AvgIpc) is 3.07. The van der Waals surface area contributed by atoms with Gasteiger partial charge in [0.2, 0.25) is 0 Å². The van der Waals surface area contributed by atoms with E-state index in [-0.39, 0.29) is 5.56 Å². The summed E-state index contributed by atoms with van der Waals surface area (Å²) in [6.45, 7) is 0.774. The summed E-state index contributed by atoms with van der Waals surface area (Å²) < 4.78 is 27.7. The van der Waals surface area contributed by atoms with Gasteiger partial charge in [-0.25, -0.2) is 8.78 Å². The molecular weight excluding hydrogens is 314 g/mol. The lowest BCUT2D eigenvalue weighted by atomic mass is 10.1. The highest BCUT2D eigenvalue weighted by Crippen LogP contribution is 2.16. The van der Waals surface area contributed by atoms with E-state index in [9.17, 15) is 13.6 Å². The summed E-state index contributed by atoms with van der Waals surface area (Å²) >= 11 is 0. The number of hydrogen-bond acceptors (Lipinski definition) is 3. The zero-order valence-electron chi connectivity index (χ0n) is 12.6. The largest absolute Gasteiger partial charge is 0.350 e. The molecule has 0 saturated heterocycles. The number of pyridine rings is 1. The van der Waals surface area contributed by atoms with Crippen molar-refractivity contribution in [1.29, 1.82) is 0 Å². The fraction of sp³-hybridized carbons (Fsp3) is 0.118. The van der Waals surface area contributed by atoms with Crippen LogP contribution in [0.15, 0.2) is 55.1 Å². The van der Waals surface area contributed by atoms with Crippen LogP contribution in [0, 0.1) is 11.6 Å². The number of amides is 1. The fourth-order valence-corrected chi connectivity index (χ4v) is 2.20. The summed E-state index contributed by atoms with van der Waals surface area (Å²) in [6.07, 6.45) is 7.00. The van der Waals surface area contributed by atoms with Crippen molar-refractivity contribution >= 4 is 5.91 Å². The molecule has 0 aliphatic carbocycles. The summed E-state index contributed by atoms with van der Waals surface area (Å²) in [7, 11) is 0. The zero-order valence-corrected chi connectivity index (χ0v) is 12.6. The molecule has 0 spiro atoms. The highest BCUT2D eigenvalue weighted by atomic mass is 19.2. The van der Waals surface area contributed by atoms with Gasteiger partial charge < -0.3 is 5.32 Å². The summed E-state index contributed by atoms with van der Waals surface area (Å²) in [5.41, 5.74) is 2.03. The van der Waals surface area contributed by atoms with Crippen molar-refractivity contribution in [2.24, 2.45) is 0 Å². The molecular formula is C17H14F2N4O. The number of aromatic nitrogens is 3. The first-order chi connectivity index (χ1) is 11.6. The second kappa shape index (κ2) is 6.99. The average molecular weight is 328 g/mol. The van der Waals surface area contributed by atoms with Crippen LogP contribution < -0.4 is 5.32 Å². The van der Waals surface area contributed by atoms with Gasteiger partial charge in [-0.05, 0) is 35.9 Å². The van der Waals surface area contributed by atoms with Crippen molar-refractivity contribution in [1.82, 2.24) is 20.1 Å². The topological polar surface area (TPSA) is 59.8 Å². The third-order valence-corrected chi connectivity index (χ3v) is 3.46. The summed E-state index contributed by atoms with van der Waals surface area (Å²) in [5, 5.41) is 6.87. The Morgan fingerprint density at radius 2 is 1.88 bits per heavy atom.